The van der Waals surface area contributed by atoms with Crippen molar-refractivity contribution in [3.63, 3.8) is 0 Å². The number of carbonyl (C=O) groups excluding carboxylic acids is 1. The predicted molar refractivity (Wildman–Crippen MR) is 106 cm³/mol. The Hall–Kier alpha value is -1.67. The van der Waals surface area contributed by atoms with Crippen LogP contribution in [-0.4, -0.2) is 49.2 Å². The molecule has 3 heterocycles. The summed E-state index contributed by atoms with van der Waals surface area (Å²) in [4.78, 5) is 21.3. The van der Waals surface area contributed by atoms with Crippen molar-refractivity contribution in [2.45, 2.75) is 45.2 Å². The average Bonchev–Trinajstić information content (AvgIpc) is 3.20. The van der Waals surface area contributed by atoms with Crippen LogP contribution in [0.15, 0.2) is 11.5 Å². The highest BCUT2D eigenvalue weighted by molar-refractivity contribution is 7.99. The lowest BCUT2D eigenvalue weighted by Gasteiger charge is -2.17. The largest absolute Gasteiger partial charge is 0.343 e. The van der Waals surface area contributed by atoms with Gasteiger partial charge in [-0.25, -0.2) is 4.98 Å². The summed E-state index contributed by atoms with van der Waals surface area (Å²) in [6, 6.07) is 0. The van der Waals surface area contributed by atoms with Crippen LogP contribution < -0.4 is 0 Å². The lowest BCUT2D eigenvalue weighted by molar-refractivity contribution is -0.127. The lowest BCUT2D eigenvalue weighted by atomic mass is 9.89. The van der Waals surface area contributed by atoms with E-state index in [1.165, 1.54) is 28.6 Å². The van der Waals surface area contributed by atoms with Crippen LogP contribution in [0.25, 0.3) is 15.9 Å². The number of hydrogen-bond acceptors (Lipinski definition) is 6. The van der Waals surface area contributed by atoms with Gasteiger partial charge >= 0.3 is 0 Å². The minimum absolute atomic E-state index is 0.132. The number of nitrogens with zero attached hydrogens (tertiary/aromatic N) is 5. The molecule has 1 aliphatic rings. The third kappa shape index (κ3) is 2.99. The highest BCUT2D eigenvalue weighted by atomic mass is 32.2. The number of hydrogen-bond donors (Lipinski definition) is 0. The molecule has 0 saturated carbocycles. The Morgan fingerprint density at radius 1 is 1.38 bits per heavy atom. The number of fused-ring (bicyclic) bond motifs is 5. The van der Waals surface area contributed by atoms with Crippen molar-refractivity contribution < 1.29 is 4.79 Å². The summed E-state index contributed by atoms with van der Waals surface area (Å²) in [6.07, 6.45) is 5.24. The van der Waals surface area contributed by atoms with E-state index in [0.717, 1.165) is 52.9 Å². The predicted octanol–water partition coefficient (Wildman–Crippen LogP) is 3.42. The van der Waals surface area contributed by atoms with Crippen LogP contribution in [0.5, 0.6) is 0 Å². The van der Waals surface area contributed by atoms with Crippen molar-refractivity contribution in [2.24, 2.45) is 5.92 Å². The van der Waals surface area contributed by atoms with Gasteiger partial charge in [0.05, 0.1) is 11.1 Å². The highest BCUT2D eigenvalue weighted by Crippen LogP contribution is 2.39. The first-order valence-corrected chi connectivity index (χ1v) is 11.0. The molecule has 1 atom stereocenters. The second-order valence-corrected chi connectivity index (χ2v) is 8.83. The van der Waals surface area contributed by atoms with E-state index in [9.17, 15) is 4.79 Å². The zero-order valence-electron chi connectivity index (χ0n) is 15.4. The van der Waals surface area contributed by atoms with Crippen molar-refractivity contribution in [3.8, 4) is 0 Å². The molecular weight excluding hydrogens is 366 g/mol. The molecule has 0 spiro atoms. The third-order valence-corrected chi connectivity index (χ3v) is 7.20. The van der Waals surface area contributed by atoms with Crippen molar-refractivity contribution in [1.29, 1.82) is 0 Å². The molecule has 0 fully saturated rings. The van der Waals surface area contributed by atoms with E-state index in [1.54, 1.807) is 17.7 Å². The monoisotopic (exact) mass is 389 g/mol. The van der Waals surface area contributed by atoms with Gasteiger partial charge in [0, 0.05) is 18.0 Å². The SMILES string of the molecule is CCN(CC)C(=O)CSc1nnc2c3c4c(sc3ncn12)C[C@H](C)CC4. The minimum Gasteiger partial charge on any atom is -0.343 e. The Bertz CT molecular complexity index is 959. The molecule has 1 aliphatic carbocycles. The van der Waals surface area contributed by atoms with E-state index in [0.29, 0.717) is 5.75 Å². The second kappa shape index (κ2) is 7.15. The zero-order valence-corrected chi connectivity index (χ0v) is 17.0. The normalized spacial score (nSPS) is 17.0. The maximum Gasteiger partial charge on any atom is 0.233 e. The van der Waals surface area contributed by atoms with Gasteiger partial charge < -0.3 is 4.90 Å². The Labute approximate surface area is 161 Å². The number of amides is 1. The van der Waals surface area contributed by atoms with E-state index >= 15 is 0 Å². The summed E-state index contributed by atoms with van der Waals surface area (Å²) in [5.41, 5.74) is 2.28. The van der Waals surface area contributed by atoms with Gasteiger partial charge in [-0.1, -0.05) is 18.7 Å². The van der Waals surface area contributed by atoms with E-state index in [2.05, 4.69) is 22.1 Å². The number of aryl methyl sites for hydroxylation is 1. The molecule has 0 radical (unpaired) electrons. The molecule has 0 aliphatic heterocycles. The standard InChI is InChI=1S/C18H23N5OS2/c1-4-22(5-2)14(24)9-25-18-21-20-16-15-12-7-6-11(3)8-13(12)26-17(15)19-10-23(16)18/h10-11H,4-9H2,1-3H3/t11-/m1/s1. The molecule has 0 N–H and O–H groups in total. The summed E-state index contributed by atoms with van der Waals surface area (Å²) in [7, 11) is 0. The van der Waals surface area contributed by atoms with Crippen LogP contribution >= 0.6 is 23.1 Å². The summed E-state index contributed by atoms with van der Waals surface area (Å²) in [5, 5.41) is 10.7. The van der Waals surface area contributed by atoms with Crippen molar-refractivity contribution >= 4 is 44.9 Å². The smallest absolute Gasteiger partial charge is 0.233 e. The van der Waals surface area contributed by atoms with Gasteiger partial charge in [-0.15, -0.1) is 21.5 Å². The Morgan fingerprint density at radius 2 is 2.19 bits per heavy atom. The van der Waals surface area contributed by atoms with Crippen LogP contribution in [0.1, 0.15) is 37.6 Å². The van der Waals surface area contributed by atoms with Crippen LogP contribution in [0, 0.1) is 5.92 Å². The number of aromatic nitrogens is 4. The molecule has 8 heteroatoms. The molecule has 6 nitrogen and oxygen atoms in total. The van der Waals surface area contributed by atoms with E-state index in [4.69, 9.17) is 0 Å². The Kier molecular flexibility index (Phi) is 4.88. The van der Waals surface area contributed by atoms with Crippen LogP contribution in [-0.2, 0) is 17.6 Å². The van der Waals surface area contributed by atoms with E-state index in [-0.39, 0.29) is 5.91 Å². The van der Waals surface area contributed by atoms with E-state index < -0.39 is 0 Å². The van der Waals surface area contributed by atoms with Crippen molar-refractivity contribution in [1.82, 2.24) is 24.5 Å². The summed E-state index contributed by atoms with van der Waals surface area (Å²) < 4.78 is 1.94. The minimum atomic E-state index is 0.132. The molecule has 138 valence electrons. The summed E-state index contributed by atoms with van der Waals surface area (Å²) in [5.74, 6) is 1.24. The fourth-order valence-corrected chi connectivity index (χ4v) is 5.76. The van der Waals surface area contributed by atoms with Crippen molar-refractivity contribution in [3.05, 3.63) is 16.8 Å². The van der Waals surface area contributed by atoms with E-state index in [1.807, 2.05) is 23.1 Å². The molecule has 0 aromatic carbocycles. The fraction of sp³-hybridized carbons (Fsp3) is 0.556. The van der Waals surface area contributed by atoms with Gasteiger partial charge in [-0.3, -0.25) is 9.20 Å². The first-order chi connectivity index (χ1) is 12.6. The topological polar surface area (TPSA) is 63.4 Å². The van der Waals surface area contributed by atoms with Gasteiger partial charge in [0.1, 0.15) is 11.2 Å². The average molecular weight is 390 g/mol. The van der Waals surface area contributed by atoms with Gasteiger partial charge in [0.2, 0.25) is 5.91 Å². The Morgan fingerprint density at radius 3 is 2.96 bits per heavy atom. The first-order valence-electron chi connectivity index (χ1n) is 9.16. The molecule has 26 heavy (non-hydrogen) atoms. The quantitative estimate of drug-likeness (QED) is 0.626. The number of thiophene rings is 1. The molecule has 3 aromatic rings. The summed E-state index contributed by atoms with van der Waals surface area (Å²) >= 11 is 3.23. The van der Waals surface area contributed by atoms with Gasteiger partial charge in [-0.05, 0) is 44.6 Å². The Balaban J connectivity index is 1.66. The zero-order chi connectivity index (χ0) is 18.3. The molecule has 3 aromatic heterocycles. The third-order valence-electron chi connectivity index (χ3n) is 5.11. The maximum atomic E-state index is 12.3. The van der Waals surface area contributed by atoms with Crippen LogP contribution in [0.4, 0.5) is 0 Å². The summed E-state index contributed by atoms with van der Waals surface area (Å²) in [6.45, 7) is 7.78. The molecule has 0 unspecified atom stereocenters. The maximum absolute atomic E-state index is 12.3. The number of thioether (sulfide) groups is 1. The highest BCUT2D eigenvalue weighted by Gasteiger charge is 2.24. The van der Waals surface area contributed by atoms with Crippen LogP contribution in [0.2, 0.25) is 0 Å². The van der Waals surface area contributed by atoms with Gasteiger partial charge in [0.25, 0.3) is 0 Å². The molecule has 0 saturated heterocycles. The lowest BCUT2D eigenvalue weighted by Crippen LogP contribution is -2.31. The first kappa shape index (κ1) is 17.7. The number of rotatable bonds is 5. The molecule has 1 amide bonds. The number of carbonyl (C=O) groups is 1. The second-order valence-electron chi connectivity index (χ2n) is 6.81. The fourth-order valence-electron chi connectivity index (χ4n) is 3.61. The molecular formula is C18H23N5OS2. The molecule has 4 rings (SSSR count). The molecule has 0 bridgehead atoms. The van der Waals surface area contributed by atoms with Crippen molar-refractivity contribution in [2.75, 3.05) is 18.8 Å². The van der Waals surface area contributed by atoms with Gasteiger partial charge in [0.15, 0.2) is 10.8 Å². The van der Waals surface area contributed by atoms with Gasteiger partial charge in [-0.2, -0.15) is 0 Å². The van der Waals surface area contributed by atoms with Crippen LogP contribution in [0.3, 0.4) is 0 Å².